The number of hydrogen-bond donors (Lipinski definition) is 0. The van der Waals surface area contributed by atoms with Crippen LogP contribution in [0.5, 0.6) is 0 Å². The van der Waals surface area contributed by atoms with Crippen molar-refractivity contribution in [2.75, 3.05) is 0 Å². The predicted octanol–water partition coefficient (Wildman–Crippen LogP) is 8.15. The number of rotatable bonds is 14. The largest absolute Gasteiger partial charge is 0.0651 e. The fraction of sp³-hybridized carbons (Fsp3) is 1.00. The van der Waals surface area contributed by atoms with Crippen LogP contribution >= 0.6 is 0 Å². The highest BCUT2D eigenvalue weighted by molar-refractivity contribution is 4.61. The molecule has 21 heavy (non-hydrogen) atoms. The summed E-state index contributed by atoms with van der Waals surface area (Å²) in [5, 5.41) is 0. The van der Waals surface area contributed by atoms with Gasteiger partial charge in [-0.15, -0.1) is 0 Å². The van der Waals surface area contributed by atoms with Gasteiger partial charge in [-0.1, -0.05) is 118 Å². The van der Waals surface area contributed by atoms with Gasteiger partial charge in [-0.05, 0) is 17.8 Å². The summed E-state index contributed by atoms with van der Waals surface area (Å²) in [5.41, 5.74) is 0.537. The Morgan fingerprint density at radius 2 is 1.00 bits per heavy atom. The maximum absolute atomic E-state index is 2.39. The highest BCUT2D eigenvalue weighted by atomic mass is 14.1. The Balaban J connectivity index is 3.06. The Hall–Kier alpha value is 0. The standard InChI is InChI=1S/C21H44/c1-6-20(2)18-16-14-12-10-8-7-9-11-13-15-17-19-21(3,4)5/h20H,6-19H2,1-5H3. The smallest absolute Gasteiger partial charge is 0.0383 e. The van der Waals surface area contributed by atoms with E-state index in [1.54, 1.807) is 0 Å². The zero-order valence-corrected chi connectivity index (χ0v) is 16.0. The number of unbranched alkanes of at least 4 members (excludes halogenated alkanes) is 10. The molecule has 0 aliphatic rings. The molecule has 0 aliphatic heterocycles. The summed E-state index contributed by atoms with van der Waals surface area (Å²) in [7, 11) is 0. The fourth-order valence-electron chi connectivity index (χ4n) is 2.94. The molecular formula is C21H44. The number of hydrogen-bond acceptors (Lipinski definition) is 0. The van der Waals surface area contributed by atoms with Crippen LogP contribution in [0.3, 0.4) is 0 Å². The summed E-state index contributed by atoms with van der Waals surface area (Å²) < 4.78 is 0. The zero-order valence-electron chi connectivity index (χ0n) is 16.0. The minimum Gasteiger partial charge on any atom is -0.0651 e. The van der Waals surface area contributed by atoms with Gasteiger partial charge < -0.3 is 0 Å². The molecule has 0 aromatic heterocycles. The average Bonchev–Trinajstić information content (AvgIpc) is 2.42. The van der Waals surface area contributed by atoms with E-state index in [4.69, 9.17) is 0 Å². The summed E-state index contributed by atoms with van der Waals surface area (Å²) in [5.74, 6) is 0.947. The summed E-state index contributed by atoms with van der Waals surface area (Å²) in [6.07, 6.45) is 20.3. The molecule has 0 radical (unpaired) electrons. The maximum Gasteiger partial charge on any atom is -0.0383 e. The minimum atomic E-state index is 0.537. The Morgan fingerprint density at radius 3 is 1.38 bits per heavy atom. The third kappa shape index (κ3) is 18.0. The molecule has 0 bridgehead atoms. The van der Waals surface area contributed by atoms with Crippen molar-refractivity contribution in [3.8, 4) is 0 Å². The van der Waals surface area contributed by atoms with Gasteiger partial charge in [-0.25, -0.2) is 0 Å². The van der Waals surface area contributed by atoms with Gasteiger partial charge in [0.25, 0.3) is 0 Å². The Labute approximate surface area is 136 Å². The van der Waals surface area contributed by atoms with Crippen molar-refractivity contribution in [3.05, 3.63) is 0 Å². The molecule has 1 unspecified atom stereocenters. The molecule has 0 rings (SSSR count). The van der Waals surface area contributed by atoms with Gasteiger partial charge >= 0.3 is 0 Å². The van der Waals surface area contributed by atoms with E-state index in [-0.39, 0.29) is 0 Å². The summed E-state index contributed by atoms with van der Waals surface area (Å²) in [4.78, 5) is 0. The van der Waals surface area contributed by atoms with E-state index in [2.05, 4.69) is 34.6 Å². The topological polar surface area (TPSA) is 0 Å². The predicted molar refractivity (Wildman–Crippen MR) is 98.9 cm³/mol. The summed E-state index contributed by atoms with van der Waals surface area (Å²) >= 11 is 0. The Bertz CT molecular complexity index is 199. The monoisotopic (exact) mass is 296 g/mol. The van der Waals surface area contributed by atoms with Gasteiger partial charge in [0, 0.05) is 0 Å². The van der Waals surface area contributed by atoms with E-state index in [0.717, 1.165) is 5.92 Å². The molecule has 0 aromatic rings. The second kappa shape index (κ2) is 13.6. The van der Waals surface area contributed by atoms with E-state index in [9.17, 15) is 0 Å². The molecule has 0 saturated heterocycles. The van der Waals surface area contributed by atoms with Crippen LogP contribution in [0.1, 0.15) is 125 Å². The summed E-state index contributed by atoms with van der Waals surface area (Å²) in [6.45, 7) is 11.8. The van der Waals surface area contributed by atoms with Gasteiger partial charge in [0.1, 0.15) is 0 Å². The van der Waals surface area contributed by atoms with Crippen molar-refractivity contribution in [2.24, 2.45) is 11.3 Å². The normalized spacial score (nSPS) is 13.6. The lowest BCUT2D eigenvalue weighted by molar-refractivity contribution is 0.356. The molecule has 0 heteroatoms. The third-order valence-electron chi connectivity index (χ3n) is 4.82. The molecule has 128 valence electrons. The molecule has 0 heterocycles. The van der Waals surface area contributed by atoms with E-state index in [1.165, 1.54) is 89.9 Å². The van der Waals surface area contributed by atoms with Crippen molar-refractivity contribution < 1.29 is 0 Å². The lowest BCUT2D eigenvalue weighted by Gasteiger charge is -2.17. The van der Waals surface area contributed by atoms with Gasteiger partial charge in [-0.3, -0.25) is 0 Å². The minimum absolute atomic E-state index is 0.537. The van der Waals surface area contributed by atoms with Crippen LogP contribution in [0, 0.1) is 11.3 Å². The second-order valence-electron chi connectivity index (χ2n) is 8.50. The van der Waals surface area contributed by atoms with E-state index in [0.29, 0.717) is 5.41 Å². The van der Waals surface area contributed by atoms with E-state index in [1.807, 2.05) is 0 Å². The average molecular weight is 297 g/mol. The Morgan fingerprint density at radius 1 is 0.619 bits per heavy atom. The van der Waals surface area contributed by atoms with Crippen molar-refractivity contribution in [1.82, 2.24) is 0 Å². The molecule has 0 spiro atoms. The molecule has 0 N–H and O–H groups in total. The van der Waals surface area contributed by atoms with Crippen LogP contribution in [0.4, 0.5) is 0 Å². The van der Waals surface area contributed by atoms with E-state index >= 15 is 0 Å². The van der Waals surface area contributed by atoms with Crippen molar-refractivity contribution >= 4 is 0 Å². The lowest BCUT2D eigenvalue weighted by Crippen LogP contribution is -2.03. The fourth-order valence-corrected chi connectivity index (χ4v) is 2.94. The first-order chi connectivity index (χ1) is 9.95. The van der Waals surface area contributed by atoms with E-state index < -0.39 is 0 Å². The zero-order chi connectivity index (χ0) is 16.0. The van der Waals surface area contributed by atoms with Crippen molar-refractivity contribution in [1.29, 1.82) is 0 Å². The molecule has 1 atom stereocenters. The van der Waals surface area contributed by atoms with Gasteiger partial charge in [0.05, 0.1) is 0 Å². The summed E-state index contributed by atoms with van der Waals surface area (Å²) in [6, 6.07) is 0. The molecular weight excluding hydrogens is 252 g/mol. The third-order valence-corrected chi connectivity index (χ3v) is 4.82. The van der Waals surface area contributed by atoms with Crippen molar-refractivity contribution in [3.63, 3.8) is 0 Å². The van der Waals surface area contributed by atoms with Crippen LogP contribution in [-0.4, -0.2) is 0 Å². The highest BCUT2D eigenvalue weighted by Gasteiger charge is 2.08. The first kappa shape index (κ1) is 21.0. The molecule has 0 aliphatic carbocycles. The van der Waals surface area contributed by atoms with Crippen LogP contribution < -0.4 is 0 Å². The molecule has 0 amide bonds. The van der Waals surface area contributed by atoms with Crippen LogP contribution in [0.25, 0.3) is 0 Å². The van der Waals surface area contributed by atoms with Gasteiger partial charge in [0.2, 0.25) is 0 Å². The first-order valence-corrected chi connectivity index (χ1v) is 9.95. The molecule has 0 saturated carbocycles. The lowest BCUT2D eigenvalue weighted by atomic mass is 9.89. The molecule has 0 aromatic carbocycles. The highest BCUT2D eigenvalue weighted by Crippen LogP contribution is 2.22. The Kier molecular flexibility index (Phi) is 13.6. The molecule has 0 nitrogen and oxygen atoms in total. The van der Waals surface area contributed by atoms with Crippen LogP contribution in [-0.2, 0) is 0 Å². The van der Waals surface area contributed by atoms with Crippen molar-refractivity contribution in [2.45, 2.75) is 125 Å². The quantitative estimate of drug-likeness (QED) is 0.284. The van der Waals surface area contributed by atoms with Crippen LogP contribution in [0.2, 0.25) is 0 Å². The molecule has 0 fully saturated rings. The van der Waals surface area contributed by atoms with Gasteiger partial charge in [0.15, 0.2) is 0 Å². The van der Waals surface area contributed by atoms with Crippen LogP contribution in [0.15, 0.2) is 0 Å². The first-order valence-electron chi connectivity index (χ1n) is 9.95. The van der Waals surface area contributed by atoms with Gasteiger partial charge in [-0.2, -0.15) is 0 Å². The second-order valence-corrected chi connectivity index (χ2v) is 8.50. The SMILES string of the molecule is CCC(C)CCCCCCCCCCCCCC(C)(C)C. The maximum atomic E-state index is 2.39.